The fraction of sp³-hybridized carbons (Fsp3) is 0. The van der Waals surface area contributed by atoms with E-state index in [0.717, 1.165) is 0 Å². The molecule has 0 aliphatic rings. The third kappa shape index (κ3) is 2.18. The number of amides is 1. The zero-order valence-electron chi connectivity index (χ0n) is 9.76. The molecule has 0 saturated heterocycles. The van der Waals surface area contributed by atoms with Crippen molar-refractivity contribution in [3.63, 3.8) is 0 Å². The molecular weight excluding hydrogens is 247 g/mol. The van der Waals surface area contributed by atoms with Gasteiger partial charge in [-0.2, -0.15) is 0 Å². The highest BCUT2D eigenvalue weighted by Crippen LogP contribution is 2.18. The van der Waals surface area contributed by atoms with Crippen LogP contribution in [0.15, 0.2) is 53.3 Å². The van der Waals surface area contributed by atoms with Gasteiger partial charge in [0, 0.05) is 11.8 Å². The van der Waals surface area contributed by atoms with Crippen LogP contribution in [0.2, 0.25) is 0 Å². The highest BCUT2D eigenvalue weighted by Gasteiger charge is 2.11. The zero-order chi connectivity index (χ0) is 13.2. The van der Waals surface area contributed by atoms with E-state index in [-0.39, 0.29) is 5.56 Å². The molecule has 1 heterocycles. The maximum Gasteiger partial charge on any atom is 0.258 e. The molecule has 1 N–H and O–H groups in total. The van der Waals surface area contributed by atoms with Crippen molar-refractivity contribution in [1.82, 2.24) is 4.98 Å². The van der Waals surface area contributed by atoms with Gasteiger partial charge in [0.2, 0.25) is 0 Å². The third-order valence-electron chi connectivity index (χ3n) is 2.71. The minimum atomic E-state index is -0.555. The number of nitrogens with zero attached hydrogens (tertiary/aromatic N) is 1. The number of benzene rings is 2. The third-order valence-corrected chi connectivity index (χ3v) is 2.71. The molecule has 94 valence electrons. The summed E-state index contributed by atoms with van der Waals surface area (Å²) in [6, 6.07) is 10.9. The summed E-state index contributed by atoms with van der Waals surface area (Å²) >= 11 is 0. The number of anilines is 1. The van der Waals surface area contributed by atoms with Crippen molar-refractivity contribution in [3.8, 4) is 0 Å². The van der Waals surface area contributed by atoms with Crippen LogP contribution in [-0.4, -0.2) is 10.9 Å². The average molecular weight is 256 g/mol. The normalized spacial score (nSPS) is 10.6. The van der Waals surface area contributed by atoms with Crippen LogP contribution in [0.5, 0.6) is 0 Å². The van der Waals surface area contributed by atoms with Gasteiger partial charge in [-0.25, -0.2) is 9.37 Å². The van der Waals surface area contributed by atoms with Crippen molar-refractivity contribution in [3.05, 3.63) is 60.2 Å². The zero-order valence-corrected chi connectivity index (χ0v) is 9.76. The summed E-state index contributed by atoms with van der Waals surface area (Å²) < 4.78 is 18.6. The molecule has 1 amide bonds. The summed E-state index contributed by atoms with van der Waals surface area (Å²) in [7, 11) is 0. The first-order valence-corrected chi connectivity index (χ1v) is 5.63. The lowest BCUT2D eigenvalue weighted by molar-refractivity contribution is 0.102. The second kappa shape index (κ2) is 4.53. The van der Waals surface area contributed by atoms with Gasteiger partial charge in [-0.3, -0.25) is 4.79 Å². The van der Waals surface area contributed by atoms with Crippen LogP contribution in [0.25, 0.3) is 11.1 Å². The Bertz CT molecular complexity index is 752. The van der Waals surface area contributed by atoms with Gasteiger partial charge in [-0.1, -0.05) is 12.1 Å². The van der Waals surface area contributed by atoms with Gasteiger partial charge in [-0.05, 0) is 24.3 Å². The molecule has 5 heteroatoms. The average Bonchev–Trinajstić information content (AvgIpc) is 2.86. The van der Waals surface area contributed by atoms with Crippen LogP contribution in [-0.2, 0) is 0 Å². The summed E-state index contributed by atoms with van der Waals surface area (Å²) in [6.45, 7) is 0. The molecule has 0 radical (unpaired) electrons. The Morgan fingerprint density at radius 2 is 2.05 bits per heavy atom. The number of hydrogen-bond donors (Lipinski definition) is 1. The summed E-state index contributed by atoms with van der Waals surface area (Å²) in [5, 5.41) is 2.61. The fourth-order valence-electron chi connectivity index (χ4n) is 1.78. The van der Waals surface area contributed by atoms with E-state index >= 15 is 0 Å². The monoisotopic (exact) mass is 256 g/mol. The molecule has 0 bridgehead atoms. The fourth-order valence-corrected chi connectivity index (χ4v) is 1.78. The van der Waals surface area contributed by atoms with Gasteiger partial charge in [-0.15, -0.1) is 0 Å². The molecule has 0 unspecified atom stereocenters. The van der Waals surface area contributed by atoms with E-state index in [1.807, 2.05) is 0 Å². The maximum absolute atomic E-state index is 13.5. The molecule has 0 atom stereocenters. The van der Waals surface area contributed by atoms with Gasteiger partial charge in [0.25, 0.3) is 5.91 Å². The lowest BCUT2D eigenvalue weighted by atomic mass is 10.2. The Hall–Kier alpha value is -2.69. The van der Waals surface area contributed by atoms with Crippen molar-refractivity contribution >= 4 is 22.7 Å². The molecule has 4 nitrogen and oxygen atoms in total. The van der Waals surface area contributed by atoms with Gasteiger partial charge in [0.15, 0.2) is 12.0 Å². The number of carbonyl (C=O) groups excluding carboxylic acids is 1. The SMILES string of the molecule is O=C(Nc1ccc2ncoc2c1)c1ccccc1F. The molecule has 0 spiro atoms. The summed E-state index contributed by atoms with van der Waals surface area (Å²) in [5.74, 6) is -1.06. The number of carbonyl (C=O) groups is 1. The molecule has 0 aliphatic heterocycles. The molecule has 3 aromatic rings. The van der Waals surface area contributed by atoms with E-state index < -0.39 is 11.7 Å². The summed E-state index contributed by atoms with van der Waals surface area (Å²) in [5.41, 5.74) is 1.79. The molecule has 2 aromatic carbocycles. The minimum absolute atomic E-state index is 0.000154. The number of hydrogen-bond acceptors (Lipinski definition) is 3. The van der Waals surface area contributed by atoms with Crippen molar-refractivity contribution in [2.45, 2.75) is 0 Å². The van der Waals surface area contributed by atoms with Gasteiger partial charge >= 0.3 is 0 Å². The lowest BCUT2D eigenvalue weighted by Gasteiger charge is -2.05. The Kier molecular flexibility index (Phi) is 2.72. The largest absolute Gasteiger partial charge is 0.443 e. The van der Waals surface area contributed by atoms with Crippen LogP contribution < -0.4 is 5.32 Å². The van der Waals surface area contributed by atoms with Crippen LogP contribution >= 0.6 is 0 Å². The minimum Gasteiger partial charge on any atom is -0.443 e. The topological polar surface area (TPSA) is 55.1 Å². The molecule has 0 fully saturated rings. The first kappa shape index (κ1) is 11.4. The standard InChI is InChI=1S/C14H9FN2O2/c15-11-4-2-1-3-10(11)14(18)17-9-5-6-12-13(7-9)19-8-16-12/h1-8H,(H,17,18). The van der Waals surface area contributed by atoms with Crippen LogP contribution in [0, 0.1) is 5.82 Å². The number of fused-ring (bicyclic) bond motifs is 1. The van der Waals surface area contributed by atoms with Gasteiger partial charge in [0.1, 0.15) is 11.3 Å². The number of halogens is 1. The summed E-state index contributed by atoms with van der Waals surface area (Å²) in [4.78, 5) is 15.9. The van der Waals surface area contributed by atoms with Gasteiger partial charge in [0.05, 0.1) is 5.56 Å². The number of aromatic nitrogens is 1. The second-order valence-corrected chi connectivity index (χ2v) is 3.97. The highest BCUT2D eigenvalue weighted by atomic mass is 19.1. The summed E-state index contributed by atoms with van der Waals surface area (Å²) in [6.07, 6.45) is 1.33. The van der Waals surface area contributed by atoms with Crippen LogP contribution in [0.4, 0.5) is 10.1 Å². The van der Waals surface area contributed by atoms with Crippen molar-refractivity contribution < 1.29 is 13.6 Å². The molecule has 0 aliphatic carbocycles. The van der Waals surface area contributed by atoms with Crippen LogP contribution in [0.3, 0.4) is 0 Å². The van der Waals surface area contributed by atoms with E-state index in [9.17, 15) is 9.18 Å². The van der Waals surface area contributed by atoms with Gasteiger partial charge < -0.3 is 9.73 Å². The highest BCUT2D eigenvalue weighted by molar-refractivity contribution is 6.05. The Morgan fingerprint density at radius 3 is 2.89 bits per heavy atom. The smallest absolute Gasteiger partial charge is 0.258 e. The van der Waals surface area contributed by atoms with E-state index in [4.69, 9.17) is 4.42 Å². The number of oxazole rings is 1. The second-order valence-electron chi connectivity index (χ2n) is 3.97. The first-order valence-electron chi connectivity index (χ1n) is 5.63. The van der Waals surface area contributed by atoms with E-state index in [2.05, 4.69) is 10.3 Å². The number of rotatable bonds is 2. The molecule has 3 rings (SSSR count). The first-order chi connectivity index (χ1) is 9.24. The Labute approximate surface area is 107 Å². The molecule has 0 saturated carbocycles. The van der Waals surface area contributed by atoms with Crippen molar-refractivity contribution in [1.29, 1.82) is 0 Å². The lowest BCUT2D eigenvalue weighted by Crippen LogP contribution is -2.13. The quantitative estimate of drug-likeness (QED) is 0.765. The Balaban J connectivity index is 1.88. The predicted octanol–water partition coefficient (Wildman–Crippen LogP) is 3.22. The Morgan fingerprint density at radius 1 is 1.21 bits per heavy atom. The molecule has 1 aromatic heterocycles. The van der Waals surface area contributed by atoms with Crippen molar-refractivity contribution in [2.75, 3.05) is 5.32 Å². The van der Waals surface area contributed by atoms with Crippen molar-refractivity contribution in [2.24, 2.45) is 0 Å². The predicted molar refractivity (Wildman–Crippen MR) is 68.4 cm³/mol. The molecular formula is C14H9FN2O2. The molecule has 19 heavy (non-hydrogen) atoms. The number of nitrogens with one attached hydrogen (secondary N) is 1. The van der Waals surface area contributed by atoms with E-state index in [1.165, 1.54) is 24.6 Å². The maximum atomic E-state index is 13.5. The van der Waals surface area contributed by atoms with E-state index in [1.54, 1.807) is 24.3 Å². The van der Waals surface area contributed by atoms with Crippen LogP contribution in [0.1, 0.15) is 10.4 Å². The van der Waals surface area contributed by atoms with E-state index in [0.29, 0.717) is 16.8 Å².